The number of thiophene rings is 1. The van der Waals surface area contributed by atoms with Crippen LogP contribution in [0.15, 0.2) is 24.5 Å². The van der Waals surface area contributed by atoms with Crippen LogP contribution in [-0.2, 0) is 12.8 Å². The summed E-state index contributed by atoms with van der Waals surface area (Å²) in [7, 11) is 4.07. The van der Waals surface area contributed by atoms with Gasteiger partial charge in [-0.05, 0) is 63.3 Å². The molecule has 2 aromatic rings. The quantitative estimate of drug-likeness (QED) is 0.663. The Morgan fingerprint density at radius 1 is 1.09 bits per heavy atom. The summed E-state index contributed by atoms with van der Waals surface area (Å²) in [6.07, 6.45) is 13.8. The first-order chi connectivity index (χ1) is 15.5. The van der Waals surface area contributed by atoms with Gasteiger partial charge < -0.3 is 15.1 Å². The Labute approximate surface area is 195 Å². The second-order valence-corrected chi connectivity index (χ2v) is 10.2. The van der Waals surface area contributed by atoms with E-state index in [1.165, 1.54) is 37.0 Å². The molecule has 2 aliphatic carbocycles. The van der Waals surface area contributed by atoms with Crippen LogP contribution in [-0.4, -0.2) is 59.8 Å². The minimum atomic E-state index is -0.217. The molecule has 0 aromatic carbocycles. The summed E-state index contributed by atoms with van der Waals surface area (Å²) in [5, 5.41) is 3.70. The third-order valence-corrected chi connectivity index (χ3v) is 8.08. The van der Waals surface area contributed by atoms with Gasteiger partial charge in [0.25, 0.3) is 11.8 Å². The Balaban J connectivity index is 1.48. The number of nitrogens with zero attached hydrogens (tertiary/aromatic N) is 3. The molecule has 172 valence electrons. The highest BCUT2D eigenvalue weighted by molar-refractivity contribution is 7.17. The first-order valence-electron chi connectivity index (χ1n) is 11.9. The zero-order valence-corrected chi connectivity index (χ0v) is 20.0. The van der Waals surface area contributed by atoms with Gasteiger partial charge in [0.1, 0.15) is 5.00 Å². The van der Waals surface area contributed by atoms with Gasteiger partial charge >= 0.3 is 0 Å². The molecule has 0 radical (unpaired) electrons. The van der Waals surface area contributed by atoms with Gasteiger partial charge in [-0.15, -0.1) is 11.3 Å². The van der Waals surface area contributed by atoms with Crippen molar-refractivity contribution >= 4 is 28.2 Å². The largest absolute Gasteiger partial charge is 0.340 e. The molecule has 0 bridgehead atoms. The van der Waals surface area contributed by atoms with Gasteiger partial charge in [0.2, 0.25) is 0 Å². The standard InChI is InChI=1S/C25H34N4O2S/c1-28(19-10-4-3-5-11-19)15-16-29(2)25(31)22-20-12-6-7-13-21(20)32-24(22)27-23(30)18-9-8-14-26-17-18/h8-9,14,17,19H,3-7,10-13,15-16H2,1-2H3,(H,27,30). The third-order valence-electron chi connectivity index (χ3n) is 6.87. The number of amides is 2. The summed E-state index contributed by atoms with van der Waals surface area (Å²) in [5.74, 6) is -0.201. The lowest BCUT2D eigenvalue weighted by molar-refractivity contribution is 0.0767. The van der Waals surface area contributed by atoms with Crippen molar-refractivity contribution in [2.24, 2.45) is 0 Å². The highest BCUT2D eigenvalue weighted by atomic mass is 32.1. The molecule has 1 N–H and O–H groups in total. The molecule has 7 heteroatoms. The van der Waals surface area contributed by atoms with E-state index >= 15 is 0 Å². The average molecular weight is 455 g/mol. The van der Waals surface area contributed by atoms with Crippen LogP contribution < -0.4 is 5.32 Å². The molecule has 0 spiro atoms. The first-order valence-corrected chi connectivity index (χ1v) is 12.7. The minimum Gasteiger partial charge on any atom is -0.340 e. The van der Waals surface area contributed by atoms with Crippen LogP contribution in [0.4, 0.5) is 5.00 Å². The zero-order valence-electron chi connectivity index (χ0n) is 19.2. The van der Waals surface area contributed by atoms with Crippen molar-refractivity contribution in [1.82, 2.24) is 14.8 Å². The molecule has 1 fully saturated rings. The van der Waals surface area contributed by atoms with Crippen LogP contribution in [0, 0.1) is 0 Å². The number of likely N-dealkylation sites (N-methyl/N-ethyl adjacent to an activating group) is 2. The maximum atomic E-state index is 13.6. The van der Waals surface area contributed by atoms with E-state index in [9.17, 15) is 9.59 Å². The van der Waals surface area contributed by atoms with E-state index < -0.39 is 0 Å². The van der Waals surface area contributed by atoms with Crippen molar-refractivity contribution in [1.29, 1.82) is 0 Å². The van der Waals surface area contributed by atoms with Crippen molar-refractivity contribution in [3.8, 4) is 0 Å². The van der Waals surface area contributed by atoms with E-state index in [0.717, 1.165) is 37.8 Å². The smallest absolute Gasteiger partial charge is 0.257 e. The SMILES string of the molecule is CN(CCN(C)C1CCCCC1)C(=O)c1c(NC(=O)c2cccnc2)sc2c1CCCC2. The van der Waals surface area contributed by atoms with Gasteiger partial charge in [-0.3, -0.25) is 14.6 Å². The van der Waals surface area contributed by atoms with Gasteiger partial charge in [0.15, 0.2) is 0 Å². The summed E-state index contributed by atoms with van der Waals surface area (Å²) < 4.78 is 0. The monoisotopic (exact) mass is 454 g/mol. The van der Waals surface area contributed by atoms with Crippen LogP contribution >= 0.6 is 11.3 Å². The summed E-state index contributed by atoms with van der Waals surface area (Å²) in [6.45, 7) is 1.56. The predicted molar refractivity (Wildman–Crippen MR) is 130 cm³/mol. The molecule has 2 amide bonds. The second-order valence-electron chi connectivity index (χ2n) is 9.11. The predicted octanol–water partition coefficient (Wildman–Crippen LogP) is 4.61. The number of carbonyl (C=O) groups excluding carboxylic acids is 2. The van der Waals surface area contributed by atoms with E-state index in [-0.39, 0.29) is 11.8 Å². The number of nitrogens with one attached hydrogen (secondary N) is 1. The molecule has 2 aromatic heterocycles. The van der Waals surface area contributed by atoms with E-state index in [4.69, 9.17) is 0 Å². The molecule has 32 heavy (non-hydrogen) atoms. The average Bonchev–Trinajstić information content (AvgIpc) is 3.20. The summed E-state index contributed by atoms with van der Waals surface area (Å²) in [6, 6.07) is 4.12. The Hall–Kier alpha value is -2.25. The van der Waals surface area contributed by atoms with Gasteiger partial charge in [-0.25, -0.2) is 0 Å². The van der Waals surface area contributed by atoms with Crippen molar-refractivity contribution < 1.29 is 9.59 Å². The molecular weight excluding hydrogens is 420 g/mol. The molecule has 0 unspecified atom stereocenters. The Morgan fingerprint density at radius 3 is 2.62 bits per heavy atom. The fraction of sp³-hybridized carbons (Fsp3) is 0.560. The third kappa shape index (κ3) is 5.21. The number of anilines is 1. The summed E-state index contributed by atoms with van der Waals surface area (Å²) in [5.41, 5.74) is 2.34. The second kappa shape index (κ2) is 10.6. The van der Waals surface area contributed by atoms with E-state index in [0.29, 0.717) is 28.7 Å². The Bertz CT molecular complexity index is 937. The lowest BCUT2D eigenvalue weighted by atomic mass is 9.94. The van der Waals surface area contributed by atoms with Gasteiger partial charge in [0.05, 0.1) is 11.1 Å². The summed E-state index contributed by atoms with van der Waals surface area (Å²) in [4.78, 5) is 35.9. The number of aryl methyl sites for hydroxylation is 1. The van der Waals surface area contributed by atoms with E-state index in [2.05, 4.69) is 22.2 Å². The van der Waals surface area contributed by atoms with Crippen LogP contribution in [0.3, 0.4) is 0 Å². The maximum Gasteiger partial charge on any atom is 0.257 e. The topological polar surface area (TPSA) is 65.5 Å². The number of hydrogen-bond acceptors (Lipinski definition) is 5. The fourth-order valence-electron chi connectivity index (χ4n) is 4.86. The van der Waals surface area contributed by atoms with Crippen molar-refractivity contribution in [2.75, 3.05) is 32.5 Å². The van der Waals surface area contributed by atoms with Crippen LogP contribution in [0.25, 0.3) is 0 Å². The van der Waals surface area contributed by atoms with Gasteiger partial charge in [0, 0.05) is 43.4 Å². The van der Waals surface area contributed by atoms with Crippen molar-refractivity contribution in [2.45, 2.75) is 63.8 Å². The maximum absolute atomic E-state index is 13.6. The number of carbonyl (C=O) groups is 2. The van der Waals surface area contributed by atoms with Crippen LogP contribution in [0.1, 0.15) is 76.1 Å². The normalized spacial score (nSPS) is 16.6. The molecule has 6 nitrogen and oxygen atoms in total. The molecule has 1 saturated carbocycles. The van der Waals surface area contributed by atoms with E-state index in [1.54, 1.807) is 35.9 Å². The summed E-state index contributed by atoms with van der Waals surface area (Å²) >= 11 is 1.57. The fourth-order valence-corrected chi connectivity index (χ4v) is 6.13. The van der Waals surface area contributed by atoms with Gasteiger partial charge in [-0.1, -0.05) is 19.3 Å². The molecule has 0 atom stereocenters. The van der Waals surface area contributed by atoms with Crippen molar-refractivity contribution in [3.05, 3.63) is 46.1 Å². The molecule has 2 aliphatic rings. The molecule has 0 aliphatic heterocycles. The van der Waals surface area contributed by atoms with Gasteiger partial charge in [-0.2, -0.15) is 0 Å². The van der Waals surface area contributed by atoms with Crippen LogP contribution in [0.2, 0.25) is 0 Å². The first kappa shape index (κ1) is 22.9. The molecular formula is C25H34N4O2S. The van der Waals surface area contributed by atoms with Crippen molar-refractivity contribution in [3.63, 3.8) is 0 Å². The minimum absolute atomic E-state index is 0.0166. The molecule has 0 saturated heterocycles. The molecule has 2 heterocycles. The Morgan fingerprint density at radius 2 is 1.88 bits per heavy atom. The number of fused-ring (bicyclic) bond motifs is 1. The number of pyridine rings is 1. The highest BCUT2D eigenvalue weighted by Gasteiger charge is 2.29. The number of aromatic nitrogens is 1. The Kier molecular flexibility index (Phi) is 7.58. The molecule has 4 rings (SSSR count). The highest BCUT2D eigenvalue weighted by Crippen LogP contribution is 2.39. The lowest BCUT2D eigenvalue weighted by Crippen LogP contribution is -2.40. The lowest BCUT2D eigenvalue weighted by Gasteiger charge is -2.32. The van der Waals surface area contributed by atoms with Crippen LogP contribution in [0.5, 0.6) is 0 Å². The number of hydrogen-bond donors (Lipinski definition) is 1. The number of rotatable bonds is 7. The zero-order chi connectivity index (χ0) is 22.5. The van der Waals surface area contributed by atoms with E-state index in [1.807, 2.05) is 11.9 Å².